The molecule has 2 nitrogen and oxygen atoms in total. The molecule has 3 aromatic rings. The Kier molecular flexibility index (Phi) is 4.85. The summed E-state index contributed by atoms with van der Waals surface area (Å²) in [5, 5.41) is 6.52. The largest absolute Gasteiger partial charge is 0.488 e. The Balaban J connectivity index is 1.30. The van der Waals surface area contributed by atoms with Gasteiger partial charge in [-0.05, 0) is 78.2 Å². The van der Waals surface area contributed by atoms with E-state index in [0.717, 1.165) is 18.2 Å². The highest BCUT2D eigenvalue weighted by atomic mass is 19.1. The third-order valence-corrected chi connectivity index (χ3v) is 8.61. The Morgan fingerprint density at radius 2 is 1.61 bits per heavy atom. The highest BCUT2D eigenvalue weighted by Crippen LogP contribution is 2.66. The first-order chi connectivity index (χ1) is 15.8. The van der Waals surface area contributed by atoms with Gasteiger partial charge in [0.1, 0.15) is 18.2 Å². The van der Waals surface area contributed by atoms with Crippen LogP contribution in [0.2, 0.25) is 0 Å². The van der Waals surface area contributed by atoms with Crippen LogP contribution in [0.3, 0.4) is 0 Å². The molecule has 4 saturated carbocycles. The Morgan fingerprint density at radius 1 is 0.879 bits per heavy atom. The van der Waals surface area contributed by atoms with Gasteiger partial charge in [-0.15, -0.1) is 0 Å². The Labute approximate surface area is 196 Å². The SMILES string of the molecule is C[C@]12CC3CC(NCc4c(OCc5ccccc5F)ccc5ccccc45)(C1)C[C@@](C)(C3)C2. The molecule has 33 heavy (non-hydrogen) atoms. The number of hydrogen-bond donors (Lipinski definition) is 1. The molecule has 2 unspecified atom stereocenters. The topological polar surface area (TPSA) is 21.3 Å². The van der Waals surface area contributed by atoms with Crippen LogP contribution in [-0.2, 0) is 13.2 Å². The molecule has 1 N–H and O–H groups in total. The molecule has 0 radical (unpaired) electrons. The quantitative estimate of drug-likeness (QED) is 0.429. The minimum atomic E-state index is -0.215. The number of rotatable bonds is 6. The summed E-state index contributed by atoms with van der Waals surface area (Å²) in [5.74, 6) is 1.49. The van der Waals surface area contributed by atoms with Crippen LogP contribution in [0.25, 0.3) is 10.8 Å². The first-order valence-corrected chi connectivity index (χ1v) is 12.5. The summed E-state index contributed by atoms with van der Waals surface area (Å²) in [5.41, 5.74) is 2.96. The van der Waals surface area contributed by atoms with Gasteiger partial charge in [0.25, 0.3) is 0 Å². The Hall–Kier alpha value is -2.39. The van der Waals surface area contributed by atoms with Gasteiger partial charge in [-0.1, -0.05) is 62.4 Å². The highest BCUT2D eigenvalue weighted by Gasteiger charge is 2.59. The molecule has 4 aliphatic rings. The number of halogens is 1. The number of benzene rings is 3. The third-order valence-electron chi connectivity index (χ3n) is 8.61. The van der Waals surface area contributed by atoms with Crippen molar-refractivity contribution in [3.05, 3.63) is 77.6 Å². The standard InChI is InChI=1S/C30H34FNO/c1-28-13-21-14-29(2,18-28)20-30(15-21,19-28)32-16-25-24-9-5-3-7-22(24)11-12-27(25)33-17-23-8-4-6-10-26(23)31/h3-12,21,32H,13-20H2,1-2H3/t21?,28-,29+,30?. The maximum absolute atomic E-state index is 14.2. The van der Waals surface area contributed by atoms with Crippen molar-refractivity contribution in [2.45, 2.75) is 71.1 Å². The normalized spacial score (nSPS) is 32.4. The molecule has 4 fully saturated rings. The molecule has 0 spiro atoms. The van der Waals surface area contributed by atoms with Gasteiger partial charge in [-0.3, -0.25) is 0 Å². The summed E-state index contributed by atoms with van der Waals surface area (Å²) in [6, 6.07) is 19.6. The van der Waals surface area contributed by atoms with Gasteiger partial charge in [-0.2, -0.15) is 0 Å². The van der Waals surface area contributed by atoms with Gasteiger partial charge in [0.2, 0.25) is 0 Å². The molecule has 172 valence electrons. The lowest BCUT2D eigenvalue weighted by molar-refractivity contribution is -0.118. The van der Waals surface area contributed by atoms with E-state index in [9.17, 15) is 4.39 Å². The van der Waals surface area contributed by atoms with E-state index >= 15 is 0 Å². The molecule has 3 aromatic carbocycles. The summed E-state index contributed by atoms with van der Waals surface area (Å²) in [7, 11) is 0. The summed E-state index contributed by atoms with van der Waals surface area (Å²) in [6.07, 6.45) is 8.04. The van der Waals surface area contributed by atoms with Crippen molar-refractivity contribution in [2.75, 3.05) is 0 Å². The molecule has 4 aliphatic carbocycles. The van der Waals surface area contributed by atoms with Gasteiger partial charge < -0.3 is 10.1 Å². The van der Waals surface area contributed by atoms with E-state index in [4.69, 9.17) is 4.74 Å². The van der Waals surface area contributed by atoms with E-state index < -0.39 is 0 Å². The smallest absolute Gasteiger partial charge is 0.129 e. The third kappa shape index (κ3) is 3.85. The summed E-state index contributed by atoms with van der Waals surface area (Å²) < 4.78 is 20.4. The maximum atomic E-state index is 14.2. The monoisotopic (exact) mass is 443 g/mol. The van der Waals surface area contributed by atoms with Crippen molar-refractivity contribution in [2.24, 2.45) is 16.7 Å². The molecule has 0 saturated heterocycles. The van der Waals surface area contributed by atoms with Gasteiger partial charge >= 0.3 is 0 Å². The zero-order chi connectivity index (χ0) is 22.7. The van der Waals surface area contributed by atoms with Crippen LogP contribution in [0, 0.1) is 22.6 Å². The highest BCUT2D eigenvalue weighted by molar-refractivity contribution is 5.87. The average molecular weight is 444 g/mol. The average Bonchev–Trinajstić information content (AvgIpc) is 2.75. The van der Waals surface area contributed by atoms with E-state index in [2.05, 4.69) is 55.6 Å². The predicted octanol–water partition coefficient (Wildman–Crippen LogP) is 7.40. The number of hydrogen-bond acceptors (Lipinski definition) is 2. The van der Waals surface area contributed by atoms with Crippen molar-refractivity contribution < 1.29 is 9.13 Å². The second kappa shape index (κ2) is 7.56. The fourth-order valence-corrected chi connectivity index (χ4v) is 8.33. The molecule has 7 rings (SSSR count). The van der Waals surface area contributed by atoms with Crippen molar-refractivity contribution in [3.8, 4) is 5.75 Å². The first kappa shape index (κ1) is 21.2. The van der Waals surface area contributed by atoms with E-state index in [0.29, 0.717) is 16.4 Å². The van der Waals surface area contributed by atoms with E-state index in [1.165, 1.54) is 60.9 Å². The molecular formula is C30H34FNO. The fourth-order valence-electron chi connectivity index (χ4n) is 8.33. The summed E-state index contributed by atoms with van der Waals surface area (Å²) in [4.78, 5) is 0. The maximum Gasteiger partial charge on any atom is 0.129 e. The van der Waals surface area contributed by atoms with Crippen molar-refractivity contribution in [1.82, 2.24) is 5.32 Å². The fraction of sp³-hybridized carbons (Fsp3) is 0.467. The number of ether oxygens (including phenoxy) is 1. The molecule has 0 heterocycles. The van der Waals surface area contributed by atoms with Gasteiger partial charge in [0.15, 0.2) is 0 Å². The molecular weight excluding hydrogens is 409 g/mol. The van der Waals surface area contributed by atoms with Crippen LogP contribution in [0.1, 0.15) is 63.5 Å². The zero-order valence-corrected chi connectivity index (χ0v) is 19.8. The second-order valence-corrected chi connectivity index (χ2v) is 11.9. The molecule has 4 bridgehead atoms. The summed E-state index contributed by atoms with van der Waals surface area (Å²) >= 11 is 0. The van der Waals surface area contributed by atoms with Crippen LogP contribution < -0.4 is 10.1 Å². The van der Waals surface area contributed by atoms with Crippen LogP contribution in [-0.4, -0.2) is 5.54 Å². The Bertz CT molecular complexity index is 1180. The molecule has 0 amide bonds. The Morgan fingerprint density at radius 3 is 2.36 bits per heavy atom. The van der Waals surface area contributed by atoms with Gasteiger partial charge in [0.05, 0.1) is 0 Å². The number of fused-ring (bicyclic) bond motifs is 1. The van der Waals surface area contributed by atoms with Crippen LogP contribution in [0.15, 0.2) is 60.7 Å². The molecule has 3 heteroatoms. The zero-order valence-electron chi connectivity index (χ0n) is 19.8. The molecule has 4 atom stereocenters. The van der Waals surface area contributed by atoms with Crippen LogP contribution >= 0.6 is 0 Å². The summed E-state index contributed by atoms with van der Waals surface area (Å²) in [6.45, 7) is 6.06. The van der Waals surface area contributed by atoms with Gasteiger partial charge in [-0.25, -0.2) is 4.39 Å². The minimum Gasteiger partial charge on any atom is -0.488 e. The van der Waals surface area contributed by atoms with E-state index in [1.54, 1.807) is 12.1 Å². The first-order valence-electron chi connectivity index (χ1n) is 12.5. The van der Waals surface area contributed by atoms with Crippen LogP contribution in [0.4, 0.5) is 4.39 Å². The molecule has 0 aliphatic heterocycles. The lowest BCUT2D eigenvalue weighted by atomic mass is 9.43. The van der Waals surface area contributed by atoms with Crippen molar-refractivity contribution in [3.63, 3.8) is 0 Å². The van der Waals surface area contributed by atoms with Crippen molar-refractivity contribution >= 4 is 10.8 Å². The second-order valence-electron chi connectivity index (χ2n) is 11.9. The van der Waals surface area contributed by atoms with E-state index in [1.807, 2.05) is 6.07 Å². The van der Waals surface area contributed by atoms with Gasteiger partial charge in [0, 0.05) is 23.2 Å². The lowest BCUT2D eigenvalue weighted by Gasteiger charge is -2.65. The molecule has 0 aromatic heterocycles. The predicted molar refractivity (Wildman–Crippen MR) is 132 cm³/mol. The minimum absolute atomic E-state index is 0.215. The number of nitrogens with one attached hydrogen (secondary N) is 1. The van der Waals surface area contributed by atoms with Crippen LogP contribution in [0.5, 0.6) is 5.75 Å². The van der Waals surface area contributed by atoms with E-state index in [-0.39, 0.29) is 18.0 Å². The van der Waals surface area contributed by atoms with Crippen molar-refractivity contribution in [1.29, 1.82) is 0 Å². The lowest BCUT2D eigenvalue weighted by Crippen LogP contribution is -2.63.